The van der Waals surface area contributed by atoms with Crippen LogP contribution in [0.2, 0.25) is 0 Å². The van der Waals surface area contributed by atoms with Crippen LogP contribution in [0.1, 0.15) is 36.0 Å². The van der Waals surface area contributed by atoms with Gasteiger partial charge >= 0.3 is 6.36 Å². The molecule has 2 aromatic rings. The van der Waals surface area contributed by atoms with Crippen molar-refractivity contribution in [1.82, 2.24) is 5.32 Å². The van der Waals surface area contributed by atoms with Gasteiger partial charge in [-0.25, -0.2) is 0 Å². The average Bonchev–Trinajstić information content (AvgIpc) is 2.71. The van der Waals surface area contributed by atoms with Gasteiger partial charge in [0.15, 0.2) is 0 Å². The van der Waals surface area contributed by atoms with E-state index in [0.717, 1.165) is 12.1 Å². The Morgan fingerprint density at radius 3 is 2.39 bits per heavy atom. The monoisotopic (exact) mass is 437 g/mol. The summed E-state index contributed by atoms with van der Waals surface area (Å²) in [6, 6.07) is 11.5. The van der Waals surface area contributed by atoms with Crippen LogP contribution in [0.25, 0.3) is 0 Å². The second kappa shape index (κ2) is 11.5. The number of ether oxygens (including phenoxy) is 1. The molecule has 4 N–H and O–H groups in total. The van der Waals surface area contributed by atoms with Gasteiger partial charge in [-0.1, -0.05) is 23.8 Å². The predicted octanol–water partition coefficient (Wildman–Crippen LogP) is 4.47. The summed E-state index contributed by atoms with van der Waals surface area (Å²) in [4.78, 5) is 24.1. The molecular weight excluding hydrogens is 415 g/mol. The maximum atomic E-state index is 12.1. The van der Waals surface area contributed by atoms with Gasteiger partial charge in [0.25, 0.3) is 5.91 Å². The highest BCUT2D eigenvalue weighted by Gasteiger charge is 2.31. The summed E-state index contributed by atoms with van der Waals surface area (Å²) in [6.07, 6.45) is -2.52. The highest BCUT2D eigenvalue weighted by Crippen LogP contribution is 2.24. The molecule has 0 aliphatic heterocycles. The number of nitrogens with one attached hydrogen (secondary N) is 2. The van der Waals surface area contributed by atoms with E-state index in [1.165, 1.54) is 12.1 Å². The lowest BCUT2D eigenvalue weighted by Gasteiger charge is -2.09. The number of nitrogens with two attached hydrogens (primary N) is 1. The molecule has 0 atom stereocenters. The van der Waals surface area contributed by atoms with Crippen molar-refractivity contribution in [3.63, 3.8) is 0 Å². The summed E-state index contributed by atoms with van der Waals surface area (Å²) in [6.45, 7) is 0.376. The number of halogens is 3. The lowest BCUT2D eigenvalue weighted by Crippen LogP contribution is -2.24. The number of para-hydroxylation sites is 1. The van der Waals surface area contributed by atoms with E-state index in [1.54, 1.807) is 24.3 Å². The van der Waals surface area contributed by atoms with Crippen LogP contribution in [-0.4, -0.2) is 24.7 Å². The maximum Gasteiger partial charge on any atom is 0.573 e. The second-order valence-corrected chi connectivity index (χ2v) is 6.42. The summed E-state index contributed by atoms with van der Waals surface area (Å²) in [7, 11) is 0. The first-order chi connectivity index (χ1) is 14.8. The first-order valence-electron chi connectivity index (χ1n) is 9.42. The van der Waals surface area contributed by atoms with Crippen LogP contribution in [0.15, 0.2) is 58.9 Å². The van der Waals surface area contributed by atoms with Crippen molar-refractivity contribution in [2.24, 2.45) is 16.2 Å². The molecule has 8 nitrogen and oxygen atoms in total. The van der Waals surface area contributed by atoms with Crippen LogP contribution in [0.5, 0.6) is 5.75 Å². The number of carbonyl (C=O) groups is 2. The lowest BCUT2D eigenvalue weighted by atomic mass is 10.1. The van der Waals surface area contributed by atoms with Crippen molar-refractivity contribution in [2.75, 3.05) is 11.9 Å². The molecule has 0 bridgehead atoms. The fraction of sp³-hybridized carbons (Fsp3) is 0.300. The van der Waals surface area contributed by atoms with Gasteiger partial charge in [0.05, 0.1) is 5.69 Å². The molecule has 0 aliphatic carbocycles. The van der Waals surface area contributed by atoms with E-state index in [9.17, 15) is 22.8 Å². The van der Waals surface area contributed by atoms with Crippen molar-refractivity contribution in [3.8, 4) is 5.75 Å². The van der Waals surface area contributed by atoms with Crippen LogP contribution in [0.4, 0.5) is 24.5 Å². The van der Waals surface area contributed by atoms with Gasteiger partial charge in [-0.3, -0.25) is 9.59 Å². The van der Waals surface area contributed by atoms with E-state index >= 15 is 0 Å². The number of rotatable bonds is 10. The Morgan fingerprint density at radius 1 is 1.00 bits per heavy atom. The molecular formula is C20H22F3N5O3. The minimum Gasteiger partial charge on any atom is -0.406 e. The molecule has 0 saturated heterocycles. The molecule has 0 spiro atoms. The van der Waals surface area contributed by atoms with E-state index in [2.05, 4.69) is 25.7 Å². The molecule has 0 saturated carbocycles. The highest BCUT2D eigenvalue weighted by atomic mass is 19.4. The number of amides is 2. The van der Waals surface area contributed by atoms with Gasteiger partial charge in [-0.15, -0.1) is 18.3 Å². The largest absolute Gasteiger partial charge is 0.573 e. The van der Waals surface area contributed by atoms with Crippen LogP contribution < -0.4 is 21.2 Å². The minimum atomic E-state index is -4.78. The van der Waals surface area contributed by atoms with E-state index < -0.39 is 18.0 Å². The van der Waals surface area contributed by atoms with Gasteiger partial charge < -0.3 is 21.2 Å². The Labute approximate surface area is 176 Å². The molecule has 0 unspecified atom stereocenters. The van der Waals surface area contributed by atoms with Gasteiger partial charge in [0, 0.05) is 18.5 Å². The molecule has 31 heavy (non-hydrogen) atoms. The Kier molecular flexibility index (Phi) is 8.79. The maximum absolute atomic E-state index is 12.1. The number of anilines is 1. The number of benzene rings is 2. The third-order valence-electron chi connectivity index (χ3n) is 4.06. The number of hydrogen-bond donors (Lipinski definition) is 3. The molecule has 2 aromatic carbocycles. The normalized spacial score (nSPS) is 11.3. The van der Waals surface area contributed by atoms with E-state index in [1.807, 2.05) is 0 Å². The summed E-state index contributed by atoms with van der Waals surface area (Å²) in [5.41, 5.74) is 1.20. The van der Waals surface area contributed by atoms with Crippen molar-refractivity contribution in [1.29, 1.82) is 0 Å². The Hall–Kier alpha value is -3.63. The first kappa shape index (κ1) is 23.6. The third kappa shape index (κ3) is 8.72. The standard InChI is InChI=1S/C20H22F3N5O3/c21-20(22,23)31-15-11-9-14(10-12-15)19(30)25-13-5-1-2-8-18(29)26-16-6-3-4-7-17(16)27-28-24/h3-4,6-7,9-12H,1-2,5,8,13H2,(H2,24,27)(H,25,30)(H,26,29). The molecule has 2 rings (SSSR count). The summed E-state index contributed by atoms with van der Waals surface area (Å²) >= 11 is 0. The molecule has 166 valence electrons. The molecule has 0 aromatic heterocycles. The Balaban J connectivity index is 1.65. The van der Waals surface area contributed by atoms with Crippen LogP contribution in [-0.2, 0) is 4.79 Å². The average molecular weight is 437 g/mol. The molecule has 11 heteroatoms. The van der Waals surface area contributed by atoms with Crippen LogP contribution in [0.3, 0.4) is 0 Å². The Morgan fingerprint density at radius 2 is 1.71 bits per heavy atom. The van der Waals surface area contributed by atoms with E-state index in [-0.39, 0.29) is 11.5 Å². The zero-order valence-corrected chi connectivity index (χ0v) is 16.5. The fourth-order valence-corrected chi connectivity index (χ4v) is 2.64. The van der Waals surface area contributed by atoms with Crippen molar-refractivity contribution in [3.05, 3.63) is 54.1 Å². The van der Waals surface area contributed by atoms with Gasteiger partial charge in [-0.2, -0.15) is 0 Å². The molecule has 0 fully saturated rings. The van der Waals surface area contributed by atoms with Crippen LogP contribution in [0, 0.1) is 0 Å². The SMILES string of the molecule is NN=Nc1ccccc1NC(=O)CCCCCNC(=O)c1ccc(OC(F)(F)F)cc1. The quantitative estimate of drug-likeness (QED) is 0.220. The van der Waals surface area contributed by atoms with Crippen molar-refractivity contribution >= 4 is 23.2 Å². The number of carbonyl (C=O) groups excluding carboxylic acids is 2. The Bertz CT molecular complexity index is 902. The van der Waals surface area contributed by atoms with Crippen molar-refractivity contribution in [2.45, 2.75) is 32.0 Å². The van der Waals surface area contributed by atoms with Gasteiger partial charge in [0.1, 0.15) is 11.4 Å². The predicted molar refractivity (Wildman–Crippen MR) is 108 cm³/mol. The summed E-state index contributed by atoms with van der Waals surface area (Å²) in [5.74, 6) is 4.07. The van der Waals surface area contributed by atoms with Gasteiger partial charge in [-0.05, 0) is 49.2 Å². The second-order valence-electron chi connectivity index (χ2n) is 6.42. The lowest BCUT2D eigenvalue weighted by molar-refractivity contribution is -0.274. The fourth-order valence-electron chi connectivity index (χ4n) is 2.64. The number of unbranched alkanes of at least 4 members (excludes halogenated alkanes) is 2. The number of nitrogens with zero attached hydrogens (tertiary/aromatic N) is 2. The number of hydrogen-bond acceptors (Lipinski definition) is 5. The summed E-state index contributed by atoms with van der Waals surface area (Å²) in [5, 5.41) is 12.4. The first-order valence-corrected chi connectivity index (χ1v) is 9.42. The molecule has 0 radical (unpaired) electrons. The smallest absolute Gasteiger partial charge is 0.406 e. The topological polar surface area (TPSA) is 118 Å². The molecule has 0 aliphatic rings. The molecule has 2 amide bonds. The van der Waals surface area contributed by atoms with E-state index in [0.29, 0.717) is 43.6 Å². The number of alkyl halides is 3. The van der Waals surface area contributed by atoms with Gasteiger partial charge in [0.2, 0.25) is 5.91 Å². The zero-order chi connectivity index (χ0) is 22.7. The summed E-state index contributed by atoms with van der Waals surface area (Å²) < 4.78 is 40.2. The van der Waals surface area contributed by atoms with Crippen molar-refractivity contribution < 1.29 is 27.5 Å². The third-order valence-corrected chi connectivity index (χ3v) is 4.06. The van der Waals surface area contributed by atoms with Crippen LogP contribution >= 0.6 is 0 Å². The zero-order valence-electron chi connectivity index (χ0n) is 16.5. The molecule has 0 heterocycles. The minimum absolute atomic E-state index is 0.176. The highest BCUT2D eigenvalue weighted by molar-refractivity contribution is 5.94. The van der Waals surface area contributed by atoms with E-state index in [4.69, 9.17) is 5.84 Å².